The number of nitro groups is 1. The Hall–Kier alpha value is -1.58. The first-order valence-corrected chi connectivity index (χ1v) is 7.90. The number of nitrogens with zero attached hydrogens (tertiary/aromatic N) is 1. The van der Waals surface area contributed by atoms with Crippen molar-refractivity contribution in [2.24, 2.45) is 17.8 Å². The summed E-state index contributed by atoms with van der Waals surface area (Å²) in [5.74, 6) is 1.99. The van der Waals surface area contributed by atoms with E-state index in [2.05, 4.69) is 26.1 Å². The molecule has 0 aliphatic heterocycles. The van der Waals surface area contributed by atoms with E-state index in [0.29, 0.717) is 17.9 Å². The van der Waals surface area contributed by atoms with Crippen LogP contribution in [0, 0.1) is 34.8 Å². The van der Waals surface area contributed by atoms with Crippen molar-refractivity contribution >= 4 is 11.4 Å². The molecule has 1 aromatic carbocycles. The molecule has 2 rings (SSSR count). The van der Waals surface area contributed by atoms with Crippen molar-refractivity contribution in [1.29, 1.82) is 0 Å². The lowest BCUT2D eigenvalue weighted by molar-refractivity contribution is -0.384. The van der Waals surface area contributed by atoms with Crippen LogP contribution in [0.5, 0.6) is 0 Å². The number of aryl methyl sites for hydroxylation is 1. The number of hydrogen-bond donors (Lipinski definition) is 1. The number of nitrogens with one attached hydrogen (secondary N) is 1. The smallest absolute Gasteiger partial charge is 0.271 e. The SMILES string of the molecule is Cc1ccc([N+](=O)[O-])cc1NC1CC(C)CCC1C(C)C. The second-order valence-electron chi connectivity index (χ2n) is 6.83. The van der Waals surface area contributed by atoms with Crippen molar-refractivity contribution in [3.05, 3.63) is 33.9 Å². The summed E-state index contributed by atoms with van der Waals surface area (Å²) in [6, 6.07) is 5.49. The highest BCUT2D eigenvalue weighted by Crippen LogP contribution is 2.36. The average Bonchev–Trinajstić information content (AvgIpc) is 2.40. The predicted octanol–water partition coefficient (Wildman–Crippen LogP) is 4.78. The topological polar surface area (TPSA) is 55.2 Å². The number of non-ortho nitro benzene ring substituents is 1. The van der Waals surface area contributed by atoms with Gasteiger partial charge in [-0.05, 0) is 43.1 Å². The van der Waals surface area contributed by atoms with Gasteiger partial charge >= 0.3 is 0 Å². The van der Waals surface area contributed by atoms with E-state index in [1.165, 1.54) is 12.8 Å². The standard InChI is InChI=1S/C17H26N2O2/c1-11(2)15-8-5-12(3)9-17(15)18-16-10-14(19(20)21)7-6-13(16)4/h6-7,10-12,15,17-18H,5,8-9H2,1-4H3. The van der Waals surface area contributed by atoms with E-state index in [1.54, 1.807) is 12.1 Å². The van der Waals surface area contributed by atoms with Crippen molar-refractivity contribution in [2.45, 2.75) is 53.0 Å². The number of hydrogen-bond acceptors (Lipinski definition) is 3. The van der Waals surface area contributed by atoms with Crippen molar-refractivity contribution < 1.29 is 4.92 Å². The Labute approximate surface area is 127 Å². The Morgan fingerprint density at radius 2 is 2.05 bits per heavy atom. The molecule has 0 radical (unpaired) electrons. The predicted molar refractivity (Wildman–Crippen MR) is 86.6 cm³/mol. The molecule has 21 heavy (non-hydrogen) atoms. The summed E-state index contributed by atoms with van der Waals surface area (Å²) in [6.07, 6.45) is 3.67. The van der Waals surface area contributed by atoms with Gasteiger partial charge in [0.25, 0.3) is 5.69 Å². The molecule has 1 fully saturated rings. The lowest BCUT2D eigenvalue weighted by Crippen LogP contribution is -2.38. The fraction of sp³-hybridized carbons (Fsp3) is 0.647. The van der Waals surface area contributed by atoms with E-state index in [1.807, 2.05) is 13.0 Å². The lowest BCUT2D eigenvalue weighted by Gasteiger charge is -2.38. The van der Waals surface area contributed by atoms with Gasteiger partial charge in [0, 0.05) is 23.9 Å². The summed E-state index contributed by atoms with van der Waals surface area (Å²) in [5.41, 5.74) is 2.14. The van der Waals surface area contributed by atoms with Gasteiger partial charge in [-0.25, -0.2) is 0 Å². The second-order valence-corrected chi connectivity index (χ2v) is 6.83. The van der Waals surface area contributed by atoms with E-state index in [0.717, 1.165) is 23.6 Å². The van der Waals surface area contributed by atoms with Crippen molar-refractivity contribution in [2.75, 3.05) is 5.32 Å². The first-order valence-electron chi connectivity index (χ1n) is 7.90. The van der Waals surface area contributed by atoms with Crippen LogP contribution in [0.4, 0.5) is 11.4 Å². The van der Waals surface area contributed by atoms with Gasteiger partial charge in [-0.15, -0.1) is 0 Å². The van der Waals surface area contributed by atoms with Gasteiger partial charge in [0.15, 0.2) is 0 Å². The van der Waals surface area contributed by atoms with E-state index in [-0.39, 0.29) is 10.6 Å². The number of anilines is 1. The summed E-state index contributed by atoms with van der Waals surface area (Å²) in [5, 5.41) is 14.6. The van der Waals surface area contributed by atoms with Crippen LogP contribution in [0.25, 0.3) is 0 Å². The molecule has 0 bridgehead atoms. The van der Waals surface area contributed by atoms with E-state index >= 15 is 0 Å². The molecule has 1 N–H and O–H groups in total. The maximum atomic E-state index is 11.0. The maximum absolute atomic E-state index is 11.0. The minimum absolute atomic E-state index is 0.160. The molecular formula is C17H26N2O2. The summed E-state index contributed by atoms with van der Waals surface area (Å²) in [6.45, 7) is 8.85. The Balaban J connectivity index is 2.22. The van der Waals surface area contributed by atoms with Crippen LogP contribution in [0.2, 0.25) is 0 Å². The first kappa shape index (κ1) is 15.8. The van der Waals surface area contributed by atoms with Gasteiger partial charge < -0.3 is 5.32 Å². The van der Waals surface area contributed by atoms with Crippen LogP contribution in [0.1, 0.15) is 45.6 Å². The van der Waals surface area contributed by atoms with Gasteiger partial charge in [-0.3, -0.25) is 10.1 Å². The molecule has 0 amide bonds. The zero-order valence-corrected chi connectivity index (χ0v) is 13.4. The quantitative estimate of drug-likeness (QED) is 0.641. The van der Waals surface area contributed by atoms with Gasteiger partial charge in [-0.1, -0.05) is 33.3 Å². The fourth-order valence-electron chi connectivity index (χ4n) is 3.45. The molecular weight excluding hydrogens is 264 g/mol. The third kappa shape index (κ3) is 3.74. The normalized spacial score (nSPS) is 25.9. The lowest BCUT2D eigenvalue weighted by atomic mass is 9.74. The van der Waals surface area contributed by atoms with Crippen LogP contribution in [0.15, 0.2) is 18.2 Å². The second kappa shape index (κ2) is 6.46. The minimum Gasteiger partial charge on any atom is -0.382 e. The number of nitro benzene ring substituents is 1. The van der Waals surface area contributed by atoms with E-state index in [4.69, 9.17) is 0 Å². The molecule has 4 nitrogen and oxygen atoms in total. The zero-order chi connectivity index (χ0) is 15.6. The molecule has 116 valence electrons. The fourth-order valence-corrected chi connectivity index (χ4v) is 3.45. The highest BCUT2D eigenvalue weighted by atomic mass is 16.6. The number of rotatable bonds is 4. The van der Waals surface area contributed by atoms with Crippen molar-refractivity contribution in [1.82, 2.24) is 0 Å². The molecule has 1 aliphatic rings. The average molecular weight is 290 g/mol. The molecule has 1 aromatic rings. The molecule has 3 unspecified atom stereocenters. The van der Waals surface area contributed by atoms with Crippen LogP contribution >= 0.6 is 0 Å². The summed E-state index contributed by atoms with van der Waals surface area (Å²) in [7, 11) is 0. The third-order valence-corrected chi connectivity index (χ3v) is 4.80. The van der Waals surface area contributed by atoms with Gasteiger partial charge in [-0.2, -0.15) is 0 Å². The van der Waals surface area contributed by atoms with Crippen LogP contribution in [-0.2, 0) is 0 Å². The van der Waals surface area contributed by atoms with Crippen LogP contribution in [-0.4, -0.2) is 11.0 Å². The maximum Gasteiger partial charge on any atom is 0.271 e. The Kier molecular flexibility index (Phi) is 4.86. The highest BCUT2D eigenvalue weighted by molar-refractivity contribution is 5.57. The summed E-state index contributed by atoms with van der Waals surface area (Å²) in [4.78, 5) is 10.6. The molecule has 1 saturated carbocycles. The molecule has 0 spiro atoms. The third-order valence-electron chi connectivity index (χ3n) is 4.80. The van der Waals surface area contributed by atoms with Gasteiger partial charge in [0.1, 0.15) is 0 Å². The zero-order valence-electron chi connectivity index (χ0n) is 13.4. The monoisotopic (exact) mass is 290 g/mol. The van der Waals surface area contributed by atoms with E-state index < -0.39 is 0 Å². The highest BCUT2D eigenvalue weighted by Gasteiger charge is 2.31. The Morgan fingerprint density at radius 1 is 1.33 bits per heavy atom. The first-order chi connectivity index (χ1) is 9.88. The van der Waals surface area contributed by atoms with E-state index in [9.17, 15) is 10.1 Å². The van der Waals surface area contributed by atoms with Crippen molar-refractivity contribution in [3.8, 4) is 0 Å². The van der Waals surface area contributed by atoms with Gasteiger partial charge in [0.2, 0.25) is 0 Å². The summed E-state index contributed by atoms with van der Waals surface area (Å²) >= 11 is 0. The van der Waals surface area contributed by atoms with Crippen LogP contribution < -0.4 is 5.32 Å². The molecule has 1 aliphatic carbocycles. The molecule has 0 heterocycles. The molecule has 0 saturated heterocycles. The molecule has 3 atom stereocenters. The van der Waals surface area contributed by atoms with Crippen molar-refractivity contribution in [3.63, 3.8) is 0 Å². The Morgan fingerprint density at radius 3 is 2.67 bits per heavy atom. The molecule has 0 aromatic heterocycles. The van der Waals surface area contributed by atoms with Crippen LogP contribution in [0.3, 0.4) is 0 Å². The minimum atomic E-state index is -0.325. The largest absolute Gasteiger partial charge is 0.382 e. The summed E-state index contributed by atoms with van der Waals surface area (Å²) < 4.78 is 0. The molecule has 4 heteroatoms. The number of benzene rings is 1. The Bertz CT molecular complexity index is 514. The van der Waals surface area contributed by atoms with Gasteiger partial charge in [0.05, 0.1) is 4.92 Å².